The largest absolute Gasteiger partial charge is 0.198 e. The average Bonchev–Trinajstić information content (AvgIpc) is 2.39. The fourth-order valence-electron chi connectivity index (χ4n) is 3.97. The maximum Gasteiger partial charge on any atom is 0.0655 e. The second-order valence-corrected chi connectivity index (χ2v) is 6.62. The normalized spacial score (nSPS) is 40.5. The zero-order valence-electron chi connectivity index (χ0n) is 11.5. The van der Waals surface area contributed by atoms with Crippen LogP contribution in [0.4, 0.5) is 0 Å². The average molecular weight is 233 g/mol. The quantitative estimate of drug-likeness (QED) is 0.673. The minimum atomic E-state index is 0.366. The van der Waals surface area contributed by atoms with Crippen LogP contribution >= 0.6 is 0 Å². The number of rotatable bonds is 2. The van der Waals surface area contributed by atoms with E-state index in [1.165, 1.54) is 38.5 Å². The van der Waals surface area contributed by atoms with Crippen LogP contribution in [0.3, 0.4) is 0 Å². The highest BCUT2D eigenvalue weighted by atomic mass is 14.4. The molecule has 96 valence electrons. The monoisotopic (exact) mass is 233 g/mol. The lowest BCUT2D eigenvalue weighted by Crippen LogP contribution is -2.27. The van der Waals surface area contributed by atoms with Crippen LogP contribution in [0.15, 0.2) is 0 Å². The molecule has 0 aromatic rings. The molecule has 0 radical (unpaired) electrons. The molecule has 17 heavy (non-hydrogen) atoms. The Labute approximate surface area is 107 Å². The standard InChI is InChI=1S/C16H27N/c1-12-3-7-15(8-4-12)13(2)16-9-5-14(11-17)6-10-16/h12-16H,3-10H2,1-2H3/t12?,13-,14?,15?,16?/m0/s1. The van der Waals surface area contributed by atoms with Gasteiger partial charge in [0.25, 0.3) is 0 Å². The van der Waals surface area contributed by atoms with Crippen LogP contribution in [-0.4, -0.2) is 0 Å². The molecule has 0 bridgehead atoms. The van der Waals surface area contributed by atoms with E-state index in [1.54, 1.807) is 0 Å². The summed E-state index contributed by atoms with van der Waals surface area (Å²) in [5.74, 6) is 4.13. The van der Waals surface area contributed by atoms with Gasteiger partial charge in [0.1, 0.15) is 0 Å². The van der Waals surface area contributed by atoms with Gasteiger partial charge in [-0.3, -0.25) is 0 Å². The predicted octanol–water partition coefficient (Wildman–Crippen LogP) is 4.78. The van der Waals surface area contributed by atoms with Gasteiger partial charge in [0.05, 0.1) is 6.07 Å². The third kappa shape index (κ3) is 3.24. The fraction of sp³-hybridized carbons (Fsp3) is 0.938. The number of nitrogens with zero attached hydrogens (tertiary/aromatic N) is 1. The van der Waals surface area contributed by atoms with Crippen molar-refractivity contribution >= 4 is 0 Å². The first-order valence-corrected chi connectivity index (χ1v) is 7.60. The van der Waals surface area contributed by atoms with E-state index < -0.39 is 0 Å². The van der Waals surface area contributed by atoms with Gasteiger partial charge in [-0.2, -0.15) is 5.26 Å². The zero-order chi connectivity index (χ0) is 12.3. The van der Waals surface area contributed by atoms with E-state index in [0.717, 1.165) is 36.5 Å². The Balaban J connectivity index is 1.80. The Kier molecular flexibility index (Phi) is 4.48. The maximum absolute atomic E-state index is 8.94. The summed E-state index contributed by atoms with van der Waals surface area (Å²) in [6, 6.07) is 2.45. The molecular weight excluding hydrogens is 206 g/mol. The van der Waals surface area contributed by atoms with Crippen LogP contribution in [0.5, 0.6) is 0 Å². The van der Waals surface area contributed by atoms with Crippen molar-refractivity contribution in [3.63, 3.8) is 0 Å². The lowest BCUT2D eigenvalue weighted by molar-refractivity contribution is 0.135. The Morgan fingerprint density at radius 3 is 1.82 bits per heavy atom. The maximum atomic E-state index is 8.94. The van der Waals surface area contributed by atoms with Crippen molar-refractivity contribution in [1.82, 2.24) is 0 Å². The summed E-state index contributed by atoms with van der Waals surface area (Å²) in [5.41, 5.74) is 0. The minimum absolute atomic E-state index is 0.366. The third-order valence-corrected chi connectivity index (χ3v) is 5.50. The van der Waals surface area contributed by atoms with Crippen LogP contribution in [0.2, 0.25) is 0 Å². The highest BCUT2D eigenvalue weighted by Crippen LogP contribution is 2.41. The van der Waals surface area contributed by atoms with Gasteiger partial charge in [-0.1, -0.05) is 26.7 Å². The molecule has 0 spiro atoms. The Morgan fingerprint density at radius 1 is 0.882 bits per heavy atom. The molecule has 0 unspecified atom stereocenters. The summed E-state index contributed by atoms with van der Waals surface area (Å²) >= 11 is 0. The molecule has 0 saturated heterocycles. The van der Waals surface area contributed by atoms with Crippen molar-refractivity contribution in [3.05, 3.63) is 0 Å². The molecule has 2 aliphatic carbocycles. The van der Waals surface area contributed by atoms with Gasteiger partial charge >= 0.3 is 0 Å². The molecule has 2 aliphatic rings. The molecule has 2 fully saturated rings. The molecule has 0 heterocycles. The topological polar surface area (TPSA) is 23.8 Å². The predicted molar refractivity (Wildman–Crippen MR) is 71.3 cm³/mol. The van der Waals surface area contributed by atoms with Gasteiger partial charge in [0.2, 0.25) is 0 Å². The smallest absolute Gasteiger partial charge is 0.0655 e. The van der Waals surface area contributed by atoms with Crippen molar-refractivity contribution in [2.45, 2.75) is 65.2 Å². The molecule has 1 nitrogen and oxygen atoms in total. The first-order chi connectivity index (χ1) is 8.20. The molecule has 1 atom stereocenters. The molecule has 0 aliphatic heterocycles. The summed E-state index contributed by atoms with van der Waals surface area (Å²) in [6.07, 6.45) is 10.8. The van der Waals surface area contributed by atoms with Crippen LogP contribution in [0.1, 0.15) is 65.2 Å². The highest BCUT2D eigenvalue weighted by molar-refractivity contribution is 4.89. The van der Waals surface area contributed by atoms with E-state index in [2.05, 4.69) is 19.9 Å². The van der Waals surface area contributed by atoms with Gasteiger partial charge in [-0.15, -0.1) is 0 Å². The summed E-state index contributed by atoms with van der Waals surface area (Å²) in [5, 5.41) is 8.94. The van der Waals surface area contributed by atoms with Crippen molar-refractivity contribution in [1.29, 1.82) is 5.26 Å². The fourth-order valence-corrected chi connectivity index (χ4v) is 3.97. The molecule has 0 aromatic carbocycles. The van der Waals surface area contributed by atoms with Gasteiger partial charge in [-0.05, 0) is 62.2 Å². The highest BCUT2D eigenvalue weighted by Gasteiger charge is 2.31. The lowest BCUT2D eigenvalue weighted by Gasteiger charge is -2.37. The zero-order valence-corrected chi connectivity index (χ0v) is 11.5. The molecule has 0 amide bonds. The van der Waals surface area contributed by atoms with Crippen LogP contribution < -0.4 is 0 Å². The van der Waals surface area contributed by atoms with E-state index in [1.807, 2.05) is 0 Å². The van der Waals surface area contributed by atoms with Gasteiger partial charge in [0, 0.05) is 5.92 Å². The molecular formula is C16H27N. The van der Waals surface area contributed by atoms with Crippen LogP contribution in [0.25, 0.3) is 0 Å². The van der Waals surface area contributed by atoms with Crippen molar-refractivity contribution < 1.29 is 0 Å². The minimum Gasteiger partial charge on any atom is -0.198 e. The van der Waals surface area contributed by atoms with Gasteiger partial charge in [0.15, 0.2) is 0 Å². The second kappa shape index (κ2) is 5.89. The van der Waals surface area contributed by atoms with E-state index >= 15 is 0 Å². The van der Waals surface area contributed by atoms with Crippen LogP contribution in [-0.2, 0) is 0 Å². The van der Waals surface area contributed by atoms with Crippen molar-refractivity contribution in [2.75, 3.05) is 0 Å². The van der Waals surface area contributed by atoms with E-state index in [4.69, 9.17) is 5.26 Å². The molecule has 0 aromatic heterocycles. The first kappa shape index (κ1) is 12.9. The van der Waals surface area contributed by atoms with E-state index in [0.29, 0.717) is 5.92 Å². The van der Waals surface area contributed by atoms with Crippen molar-refractivity contribution in [2.24, 2.45) is 29.6 Å². The second-order valence-electron chi connectivity index (χ2n) is 6.62. The van der Waals surface area contributed by atoms with Gasteiger partial charge < -0.3 is 0 Å². The third-order valence-electron chi connectivity index (χ3n) is 5.50. The van der Waals surface area contributed by atoms with Crippen LogP contribution in [0, 0.1) is 40.9 Å². The molecule has 2 rings (SSSR count). The molecule has 0 N–H and O–H groups in total. The SMILES string of the molecule is CC1CCC([C@H](C)C2CCC(C#N)CC2)CC1. The van der Waals surface area contributed by atoms with E-state index in [9.17, 15) is 0 Å². The number of nitriles is 1. The first-order valence-electron chi connectivity index (χ1n) is 7.60. The molecule has 1 heteroatoms. The van der Waals surface area contributed by atoms with E-state index in [-0.39, 0.29) is 0 Å². The summed E-state index contributed by atoms with van der Waals surface area (Å²) in [4.78, 5) is 0. The number of hydrogen-bond donors (Lipinski definition) is 0. The lowest BCUT2D eigenvalue weighted by atomic mass is 9.68. The summed E-state index contributed by atoms with van der Waals surface area (Å²) in [6.45, 7) is 4.89. The van der Waals surface area contributed by atoms with Gasteiger partial charge in [-0.25, -0.2) is 0 Å². The number of hydrogen-bond acceptors (Lipinski definition) is 1. The van der Waals surface area contributed by atoms with Crippen molar-refractivity contribution in [3.8, 4) is 6.07 Å². The Hall–Kier alpha value is -0.510. The molecule has 2 saturated carbocycles. The summed E-state index contributed by atoms with van der Waals surface area (Å²) < 4.78 is 0. The Morgan fingerprint density at radius 2 is 1.35 bits per heavy atom. The Bertz CT molecular complexity index is 262. The summed E-state index contributed by atoms with van der Waals surface area (Å²) in [7, 11) is 0.